The van der Waals surface area contributed by atoms with Crippen LogP contribution in [0.15, 0.2) is 30.5 Å². The Morgan fingerprint density at radius 1 is 1.23 bits per heavy atom. The molecule has 0 bridgehead atoms. The van der Waals surface area contributed by atoms with E-state index in [2.05, 4.69) is 15.6 Å². The van der Waals surface area contributed by atoms with Crippen LogP contribution in [0.5, 0.6) is 0 Å². The Morgan fingerprint density at radius 2 is 1.92 bits per heavy atom. The Labute approximate surface area is 162 Å². The number of carbonyl (C=O) groups excluding carboxylic acids is 2. The van der Waals surface area contributed by atoms with Gasteiger partial charge in [-0.05, 0) is 32.5 Å². The number of rotatable bonds is 8. The topological polar surface area (TPSA) is 74.3 Å². The third kappa shape index (κ3) is 6.74. The first-order valence-electron chi connectivity index (χ1n) is 8.29. The van der Waals surface area contributed by atoms with Gasteiger partial charge in [0.1, 0.15) is 0 Å². The van der Waals surface area contributed by atoms with Gasteiger partial charge in [0.15, 0.2) is 5.13 Å². The van der Waals surface area contributed by atoms with Gasteiger partial charge in [0, 0.05) is 28.6 Å². The quantitative estimate of drug-likeness (QED) is 0.722. The molecule has 0 radical (unpaired) electrons. The van der Waals surface area contributed by atoms with E-state index in [0.29, 0.717) is 16.6 Å². The maximum Gasteiger partial charge on any atom is 0.240 e. The van der Waals surface area contributed by atoms with E-state index >= 15 is 0 Å². The molecule has 1 aromatic heterocycles. The minimum atomic E-state index is -0.205. The molecule has 1 aromatic carbocycles. The fraction of sp³-hybridized carbons (Fsp3) is 0.389. The number of hydrogen-bond acceptors (Lipinski definition) is 5. The van der Waals surface area contributed by atoms with Gasteiger partial charge in [0.05, 0.1) is 13.1 Å². The summed E-state index contributed by atoms with van der Waals surface area (Å²) in [5.74, 6) is -0.310. The second-order valence-corrected chi connectivity index (χ2v) is 7.86. The van der Waals surface area contributed by atoms with Crippen LogP contribution in [0.1, 0.15) is 24.3 Å². The zero-order chi connectivity index (χ0) is 19.1. The van der Waals surface area contributed by atoms with Crippen molar-refractivity contribution in [3.8, 4) is 0 Å². The molecule has 2 rings (SSSR count). The van der Waals surface area contributed by atoms with Crippen molar-refractivity contribution in [2.75, 3.05) is 25.5 Å². The van der Waals surface area contributed by atoms with Crippen LogP contribution in [0.4, 0.5) is 5.13 Å². The third-order valence-electron chi connectivity index (χ3n) is 3.40. The average molecular weight is 395 g/mol. The van der Waals surface area contributed by atoms with E-state index in [1.165, 1.54) is 11.3 Å². The van der Waals surface area contributed by atoms with Crippen molar-refractivity contribution in [2.45, 2.75) is 26.3 Å². The van der Waals surface area contributed by atoms with Crippen LogP contribution in [0, 0.1) is 0 Å². The summed E-state index contributed by atoms with van der Waals surface area (Å²) in [6.07, 6.45) is 2.41. The molecule has 2 amide bonds. The molecular weight excluding hydrogens is 372 g/mol. The number of anilines is 1. The Bertz CT molecular complexity index is 763. The number of likely N-dealkylation sites (N-methyl/N-ethyl adjacent to an activating group) is 1. The van der Waals surface area contributed by atoms with Gasteiger partial charge in [-0.3, -0.25) is 14.5 Å². The van der Waals surface area contributed by atoms with E-state index in [4.69, 9.17) is 11.6 Å². The van der Waals surface area contributed by atoms with E-state index in [1.54, 1.807) is 18.1 Å². The van der Waals surface area contributed by atoms with Gasteiger partial charge >= 0.3 is 0 Å². The zero-order valence-corrected chi connectivity index (χ0v) is 16.7. The molecule has 0 fully saturated rings. The first-order valence-corrected chi connectivity index (χ1v) is 9.49. The summed E-state index contributed by atoms with van der Waals surface area (Å²) in [7, 11) is 1.73. The van der Waals surface area contributed by atoms with E-state index < -0.39 is 0 Å². The lowest BCUT2D eigenvalue weighted by Crippen LogP contribution is -2.41. The van der Waals surface area contributed by atoms with Crippen LogP contribution in [0.25, 0.3) is 0 Å². The summed E-state index contributed by atoms with van der Waals surface area (Å²) < 4.78 is 0. The summed E-state index contributed by atoms with van der Waals surface area (Å²) in [5.41, 5.74) is 1.02. The van der Waals surface area contributed by atoms with Crippen molar-refractivity contribution >= 4 is 39.9 Å². The van der Waals surface area contributed by atoms with Crippen molar-refractivity contribution in [2.24, 2.45) is 0 Å². The predicted molar refractivity (Wildman–Crippen MR) is 106 cm³/mol. The molecule has 140 valence electrons. The van der Waals surface area contributed by atoms with Gasteiger partial charge in [-0.25, -0.2) is 4.98 Å². The fourth-order valence-corrected chi connectivity index (χ4v) is 3.40. The Kier molecular flexibility index (Phi) is 7.56. The standard InChI is InChI=1S/C18H23ClN4O2S/c1-12(2)21-16(24)10-23(3)11-17(25)22-18-20-9-14(26-18)8-13-6-4-5-7-15(13)19/h4-7,9,12H,8,10-11H2,1-3H3,(H,21,24)(H,20,22,25). The molecule has 0 aliphatic heterocycles. The number of thiazole rings is 1. The molecule has 0 saturated heterocycles. The van der Waals surface area contributed by atoms with Crippen LogP contribution in [0.2, 0.25) is 5.02 Å². The monoisotopic (exact) mass is 394 g/mol. The maximum atomic E-state index is 12.1. The van der Waals surface area contributed by atoms with Crippen LogP contribution in [-0.4, -0.2) is 47.9 Å². The summed E-state index contributed by atoms with van der Waals surface area (Å²) in [6.45, 7) is 4.08. The number of hydrogen-bond donors (Lipinski definition) is 2. The minimum Gasteiger partial charge on any atom is -0.353 e. The van der Waals surface area contributed by atoms with Crippen LogP contribution < -0.4 is 10.6 Å². The van der Waals surface area contributed by atoms with Crippen LogP contribution in [0.3, 0.4) is 0 Å². The second-order valence-electron chi connectivity index (χ2n) is 6.34. The highest BCUT2D eigenvalue weighted by Gasteiger charge is 2.13. The molecule has 0 spiro atoms. The average Bonchev–Trinajstić information content (AvgIpc) is 2.95. The van der Waals surface area contributed by atoms with Gasteiger partial charge in [-0.2, -0.15) is 0 Å². The molecule has 8 heteroatoms. The normalized spacial score (nSPS) is 11.0. The summed E-state index contributed by atoms with van der Waals surface area (Å²) >= 11 is 7.59. The number of nitrogens with zero attached hydrogens (tertiary/aromatic N) is 2. The Balaban J connectivity index is 1.83. The highest BCUT2D eigenvalue weighted by Crippen LogP contribution is 2.24. The third-order valence-corrected chi connectivity index (χ3v) is 4.68. The van der Waals surface area contributed by atoms with Gasteiger partial charge in [-0.15, -0.1) is 11.3 Å². The minimum absolute atomic E-state index is 0.0802. The summed E-state index contributed by atoms with van der Waals surface area (Å²) in [6, 6.07) is 7.73. The fourth-order valence-electron chi connectivity index (χ4n) is 2.35. The number of benzene rings is 1. The van der Waals surface area contributed by atoms with E-state index in [0.717, 1.165) is 10.4 Å². The number of carbonyl (C=O) groups is 2. The maximum absolute atomic E-state index is 12.1. The molecular formula is C18H23ClN4O2S. The van der Waals surface area contributed by atoms with Gasteiger partial charge in [0.25, 0.3) is 0 Å². The zero-order valence-electron chi connectivity index (χ0n) is 15.1. The lowest BCUT2D eigenvalue weighted by molar-refractivity contribution is -0.123. The van der Waals surface area contributed by atoms with E-state index in [1.807, 2.05) is 38.1 Å². The van der Waals surface area contributed by atoms with E-state index in [9.17, 15) is 9.59 Å². The molecule has 0 aliphatic rings. The van der Waals surface area contributed by atoms with Crippen molar-refractivity contribution in [1.29, 1.82) is 0 Å². The van der Waals surface area contributed by atoms with Crippen LogP contribution in [-0.2, 0) is 16.0 Å². The molecule has 26 heavy (non-hydrogen) atoms. The number of halogens is 1. The van der Waals surface area contributed by atoms with E-state index in [-0.39, 0.29) is 30.9 Å². The molecule has 0 aliphatic carbocycles. The second kappa shape index (κ2) is 9.66. The highest BCUT2D eigenvalue weighted by molar-refractivity contribution is 7.15. The summed E-state index contributed by atoms with van der Waals surface area (Å²) in [4.78, 5) is 30.7. The Morgan fingerprint density at radius 3 is 2.62 bits per heavy atom. The lowest BCUT2D eigenvalue weighted by atomic mass is 10.1. The largest absolute Gasteiger partial charge is 0.353 e. The SMILES string of the molecule is CC(C)NC(=O)CN(C)CC(=O)Nc1ncc(Cc2ccccc2Cl)s1. The summed E-state index contributed by atoms with van der Waals surface area (Å²) in [5, 5.41) is 6.82. The van der Waals surface area contributed by atoms with Crippen LogP contribution >= 0.6 is 22.9 Å². The predicted octanol–water partition coefficient (Wildman–Crippen LogP) is 2.78. The molecule has 0 unspecified atom stereocenters. The highest BCUT2D eigenvalue weighted by atomic mass is 35.5. The van der Waals surface area contributed by atoms with Crippen molar-refractivity contribution < 1.29 is 9.59 Å². The molecule has 6 nitrogen and oxygen atoms in total. The van der Waals surface area contributed by atoms with Gasteiger partial charge in [0.2, 0.25) is 11.8 Å². The lowest BCUT2D eigenvalue weighted by Gasteiger charge is -2.16. The number of aromatic nitrogens is 1. The number of nitrogens with one attached hydrogen (secondary N) is 2. The molecule has 2 aromatic rings. The van der Waals surface area contributed by atoms with Crippen molar-refractivity contribution in [3.05, 3.63) is 45.9 Å². The number of amides is 2. The smallest absolute Gasteiger partial charge is 0.240 e. The molecule has 0 atom stereocenters. The molecule has 1 heterocycles. The van der Waals surface area contributed by atoms with Gasteiger partial charge in [-0.1, -0.05) is 29.8 Å². The first kappa shape index (κ1) is 20.4. The van der Waals surface area contributed by atoms with Crippen molar-refractivity contribution in [3.63, 3.8) is 0 Å². The van der Waals surface area contributed by atoms with Crippen molar-refractivity contribution in [1.82, 2.24) is 15.2 Å². The van der Waals surface area contributed by atoms with Gasteiger partial charge < -0.3 is 10.6 Å². The first-order chi connectivity index (χ1) is 12.3. The molecule has 2 N–H and O–H groups in total. The Hall–Kier alpha value is -1.96. The molecule has 0 saturated carbocycles.